The molecule has 1 aliphatic rings. The zero-order valence-corrected chi connectivity index (χ0v) is 13.8. The maximum Gasteiger partial charge on any atom is 0.254 e. The average molecular weight is 305 g/mol. The van der Waals surface area contributed by atoms with Crippen molar-refractivity contribution in [3.05, 3.63) is 35.4 Å². The predicted octanol–water partition coefficient (Wildman–Crippen LogP) is 2.50. The van der Waals surface area contributed by atoms with Crippen LogP contribution in [0.2, 0.25) is 0 Å². The molecule has 0 bridgehead atoms. The molecule has 0 aromatic heterocycles. The molecule has 1 heterocycles. The lowest BCUT2D eigenvalue weighted by Crippen LogP contribution is -2.53. The first-order chi connectivity index (χ1) is 10.5. The Morgan fingerprint density at radius 2 is 2.18 bits per heavy atom. The maximum absolute atomic E-state index is 12.8. The molecule has 4 heteroatoms. The first-order valence-corrected chi connectivity index (χ1v) is 8.10. The molecule has 22 heavy (non-hydrogen) atoms. The summed E-state index contributed by atoms with van der Waals surface area (Å²) in [4.78, 5) is 14.6. The first kappa shape index (κ1) is 17.0. The largest absolute Gasteiger partial charge is 0.389 e. The molecule has 1 aliphatic heterocycles. The van der Waals surface area contributed by atoms with Gasteiger partial charge in [-0.1, -0.05) is 32.0 Å². The Kier molecular flexibility index (Phi) is 5.59. The summed E-state index contributed by atoms with van der Waals surface area (Å²) < 4.78 is 5.09. The molecular weight excluding hydrogens is 278 g/mol. The highest BCUT2D eigenvalue weighted by Gasteiger charge is 2.40. The Hall–Kier alpha value is -1.39. The van der Waals surface area contributed by atoms with Crippen molar-refractivity contribution in [2.75, 3.05) is 26.8 Å². The van der Waals surface area contributed by atoms with Crippen molar-refractivity contribution in [3.8, 4) is 0 Å². The van der Waals surface area contributed by atoms with E-state index in [4.69, 9.17) is 4.74 Å². The molecule has 1 fully saturated rings. The number of carbonyl (C=O) groups is 1. The van der Waals surface area contributed by atoms with Crippen molar-refractivity contribution >= 4 is 5.91 Å². The fraction of sp³-hybridized carbons (Fsp3) is 0.611. The fourth-order valence-corrected chi connectivity index (χ4v) is 3.21. The molecular formula is C18H27NO3. The smallest absolute Gasteiger partial charge is 0.254 e. The number of methoxy groups -OCH3 is 1. The van der Waals surface area contributed by atoms with E-state index in [1.807, 2.05) is 36.1 Å². The van der Waals surface area contributed by atoms with Crippen LogP contribution in [0, 0.1) is 5.92 Å². The van der Waals surface area contributed by atoms with E-state index in [1.54, 1.807) is 7.11 Å². The molecule has 1 amide bonds. The zero-order chi connectivity index (χ0) is 16.2. The van der Waals surface area contributed by atoms with Crippen LogP contribution in [-0.2, 0) is 11.2 Å². The number of aryl methyl sites for hydroxylation is 1. The van der Waals surface area contributed by atoms with Gasteiger partial charge in [0.25, 0.3) is 5.91 Å². The third-order valence-electron chi connectivity index (χ3n) is 4.88. The minimum absolute atomic E-state index is 0.0501. The van der Waals surface area contributed by atoms with Gasteiger partial charge in [0.05, 0.1) is 5.60 Å². The number of benzene rings is 1. The van der Waals surface area contributed by atoms with E-state index >= 15 is 0 Å². The normalized spacial score (nSPS) is 25.3. The molecule has 4 nitrogen and oxygen atoms in total. The summed E-state index contributed by atoms with van der Waals surface area (Å²) in [5.41, 5.74) is 1.15. The quantitative estimate of drug-likeness (QED) is 0.909. The van der Waals surface area contributed by atoms with Crippen molar-refractivity contribution in [1.82, 2.24) is 4.90 Å². The highest BCUT2D eigenvalue weighted by molar-refractivity contribution is 5.95. The van der Waals surface area contributed by atoms with Crippen LogP contribution in [0.25, 0.3) is 0 Å². The number of piperidine rings is 1. The Bertz CT molecular complexity index is 517. The highest BCUT2D eigenvalue weighted by Crippen LogP contribution is 2.31. The van der Waals surface area contributed by atoms with Crippen LogP contribution in [-0.4, -0.2) is 48.3 Å². The number of likely N-dealkylation sites (tertiary alicyclic amines) is 1. The standard InChI is InChI=1S/C18H27NO3/c1-4-15-7-5-6-8-16(15)17(20)19-11-9-18(21,10-12-22-3)14(2)13-19/h5-8,14,21H,4,9-13H2,1-3H3/t14-,18-/m1/s1. The summed E-state index contributed by atoms with van der Waals surface area (Å²) in [7, 11) is 1.65. The second kappa shape index (κ2) is 7.25. The Morgan fingerprint density at radius 1 is 1.45 bits per heavy atom. The second-order valence-electron chi connectivity index (χ2n) is 6.26. The molecule has 0 unspecified atom stereocenters. The number of rotatable bonds is 5. The minimum atomic E-state index is -0.725. The van der Waals surface area contributed by atoms with Crippen LogP contribution >= 0.6 is 0 Å². The molecule has 0 spiro atoms. The van der Waals surface area contributed by atoms with Gasteiger partial charge in [-0.2, -0.15) is 0 Å². The van der Waals surface area contributed by atoms with Gasteiger partial charge in [0.15, 0.2) is 0 Å². The van der Waals surface area contributed by atoms with E-state index < -0.39 is 5.60 Å². The molecule has 1 aromatic rings. The fourth-order valence-electron chi connectivity index (χ4n) is 3.21. The van der Waals surface area contributed by atoms with Gasteiger partial charge in [0.1, 0.15) is 0 Å². The maximum atomic E-state index is 12.8. The molecule has 1 N–H and O–H groups in total. The summed E-state index contributed by atoms with van der Waals surface area (Å²) in [5, 5.41) is 10.7. The van der Waals surface area contributed by atoms with E-state index in [2.05, 4.69) is 6.92 Å². The molecule has 0 saturated carbocycles. The number of amides is 1. The third-order valence-corrected chi connectivity index (χ3v) is 4.88. The van der Waals surface area contributed by atoms with Crippen molar-refractivity contribution in [2.24, 2.45) is 5.92 Å². The van der Waals surface area contributed by atoms with Crippen LogP contribution < -0.4 is 0 Å². The molecule has 0 radical (unpaired) electrons. The Balaban J connectivity index is 2.08. The minimum Gasteiger partial charge on any atom is -0.389 e. The number of aliphatic hydroxyl groups is 1. The lowest BCUT2D eigenvalue weighted by molar-refractivity contribution is -0.0750. The van der Waals surface area contributed by atoms with Crippen LogP contribution in [0.4, 0.5) is 0 Å². The lowest BCUT2D eigenvalue weighted by atomic mass is 9.79. The van der Waals surface area contributed by atoms with Gasteiger partial charge >= 0.3 is 0 Å². The molecule has 1 aromatic carbocycles. The van der Waals surface area contributed by atoms with E-state index in [1.165, 1.54) is 0 Å². The molecule has 2 rings (SSSR count). The van der Waals surface area contributed by atoms with Crippen molar-refractivity contribution in [2.45, 2.75) is 38.7 Å². The van der Waals surface area contributed by atoms with E-state index in [-0.39, 0.29) is 11.8 Å². The van der Waals surface area contributed by atoms with Crippen LogP contribution in [0.5, 0.6) is 0 Å². The Labute approximate surface area is 133 Å². The van der Waals surface area contributed by atoms with E-state index in [9.17, 15) is 9.90 Å². The number of hydrogen-bond acceptors (Lipinski definition) is 3. The van der Waals surface area contributed by atoms with Gasteiger partial charge < -0.3 is 14.7 Å². The first-order valence-electron chi connectivity index (χ1n) is 8.10. The molecule has 122 valence electrons. The van der Waals surface area contributed by atoms with Crippen LogP contribution in [0.1, 0.15) is 42.6 Å². The summed E-state index contributed by atoms with van der Waals surface area (Å²) in [6.45, 7) is 5.82. The van der Waals surface area contributed by atoms with Crippen molar-refractivity contribution in [3.63, 3.8) is 0 Å². The van der Waals surface area contributed by atoms with E-state index in [0.29, 0.717) is 32.5 Å². The van der Waals surface area contributed by atoms with E-state index in [0.717, 1.165) is 17.5 Å². The summed E-state index contributed by atoms with van der Waals surface area (Å²) in [5.74, 6) is 0.132. The third kappa shape index (κ3) is 3.50. The van der Waals surface area contributed by atoms with Gasteiger partial charge in [-0.05, 0) is 30.9 Å². The van der Waals surface area contributed by atoms with Crippen molar-refractivity contribution in [1.29, 1.82) is 0 Å². The van der Waals surface area contributed by atoms with Crippen molar-refractivity contribution < 1.29 is 14.6 Å². The summed E-state index contributed by atoms with van der Waals surface area (Å²) in [6, 6.07) is 7.79. The molecule has 1 saturated heterocycles. The number of ether oxygens (including phenoxy) is 1. The monoisotopic (exact) mass is 305 g/mol. The lowest BCUT2D eigenvalue weighted by Gasteiger charge is -2.43. The van der Waals surface area contributed by atoms with Gasteiger partial charge in [-0.3, -0.25) is 4.79 Å². The highest BCUT2D eigenvalue weighted by atomic mass is 16.5. The average Bonchev–Trinajstić information content (AvgIpc) is 2.55. The molecule has 2 atom stereocenters. The summed E-state index contributed by atoms with van der Waals surface area (Å²) >= 11 is 0. The van der Waals surface area contributed by atoms with Gasteiger partial charge in [-0.25, -0.2) is 0 Å². The van der Waals surface area contributed by atoms with Crippen LogP contribution in [0.15, 0.2) is 24.3 Å². The SMILES string of the molecule is CCc1ccccc1C(=O)N1CC[C@@](O)(CCOC)[C@H](C)C1. The topological polar surface area (TPSA) is 49.8 Å². The number of carbonyl (C=O) groups excluding carboxylic acids is 1. The Morgan fingerprint density at radius 3 is 2.82 bits per heavy atom. The van der Waals surface area contributed by atoms with Gasteiger partial charge in [-0.15, -0.1) is 0 Å². The summed E-state index contributed by atoms with van der Waals surface area (Å²) in [6.07, 6.45) is 2.08. The van der Waals surface area contributed by atoms with Gasteiger partial charge in [0, 0.05) is 38.3 Å². The predicted molar refractivity (Wildman–Crippen MR) is 86.9 cm³/mol. The van der Waals surface area contributed by atoms with Gasteiger partial charge in [0.2, 0.25) is 0 Å². The number of hydrogen-bond donors (Lipinski definition) is 1. The molecule has 0 aliphatic carbocycles. The zero-order valence-electron chi connectivity index (χ0n) is 13.8. The second-order valence-corrected chi connectivity index (χ2v) is 6.26. The number of nitrogens with zero attached hydrogens (tertiary/aromatic N) is 1. The van der Waals surface area contributed by atoms with Crippen LogP contribution in [0.3, 0.4) is 0 Å².